The summed E-state index contributed by atoms with van der Waals surface area (Å²) in [5.41, 5.74) is 4.77. The van der Waals surface area contributed by atoms with Gasteiger partial charge in [-0.15, -0.1) is 0 Å². The highest BCUT2D eigenvalue weighted by molar-refractivity contribution is 5.63. The third-order valence-electron chi connectivity index (χ3n) is 2.76. The van der Waals surface area contributed by atoms with Crippen molar-refractivity contribution >= 4 is 0 Å². The van der Waals surface area contributed by atoms with Crippen LogP contribution in [0.3, 0.4) is 0 Å². The highest BCUT2D eigenvalue weighted by Gasteiger charge is 2.00. The van der Waals surface area contributed by atoms with Gasteiger partial charge in [-0.2, -0.15) is 0 Å². The molecule has 0 amide bonds. The summed E-state index contributed by atoms with van der Waals surface area (Å²) in [6.07, 6.45) is 5.48. The molecule has 0 atom stereocenters. The number of aryl methyl sites for hydroxylation is 2. The van der Waals surface area contributed by atoms with Crippen LogP contribution in [0.1, 0.15) is 17.5 Å². The molecule has 0 radical (unpaired) electrons. The van der Waals surface area contributed by atoms with Crippen molar-refractivity contribution in [3.05, 3.63) is 53.9 Å². The van der Waals surface area contributed by atoms with Crippen molar-refractivity contribution in [2.75, 3.05) is 6.61 Å². The fraction of sp³-hybridized carbons (Fsp3) is 0.267. The van der Waals surface area contributed by atoms with E-state index in [1.54, 1.807) is 0 Å². The van der Waals surface area contributed by atoms with Gasteiger partial charge in [0.15, 0.2) is 0 Å². The maximum Gasteiger partial charge on any atom is 0.0434 e. The van der Waals surface area contributed by atoms with E-state index in [1.807, 2.05) is 19.3 Å². The van der Waals surface area contributed by atoms with E-state index in [1.165, 1.54) is 16.7 Å². The molecule has 2 heteroatoms. The highest BCUT2D eigenvalue weighted by Crippen LogP contribution is 2.20. The molecule has 0 aliphatic carbocycles. The Balaban J connectivity index is 2.26. The third-order valence-corrected chi connectivity index (χ3v) is 2.76. The second-order valence-electron chi connectivity index (χ2n) is 4.28. The van der Waals surface area contributed by atoms with Crippen molar-refractivity contribution in [2.24, 2.45) is 0 Å². The summed E-state index contributed by atoms with van der Waals surface area (Å²) in [5.74, 6) is 0. The predicted molar refractivity (Wildman–Crippen MR) is 69.8 cm³/mol. The van der Waals surface area contributed by atoms with E-state index in [9.17, 15) is 0 Å². The van der Waals surface area contributed by atoms with E-state index >= 15 is 0 Å². The van der Waals surface area contributed by atoms with Gasteiger partial charge < -0.3 is 5.11 Å². The molecule has 2 rings (SSSR count). The molecule has 2 nitrogen and oxygen atoms in total. The molecule has 1 heterocycles. The number of hydrogen-bond acceptors (Lipinski definition) is 2. The number of pyridine rings is 1. The largest absolute Gasteiger partial charge is 0.396 e. The van der Waals surface area contributed by atoms with Crippen LogP contribution in [-0.4, -0.2) is 16.7 Å². The molecule has 0 spiro atoms. The van der Waals surface area contributed by atoms with Gasteiger partial charge in [-0.25, -0.2) is 0 Å². The molecule has 0 aliphatic heterocycles. The Kier molecular flexibility index (Phi) is 3.89. The van der Waals surface area contributed by atoms with Crippen LogP contribution < -0.4 is 0 Å². The Morgan fingerprint density at radius 3 is 2.76 bits per heavy atom. The van der Waals surface area contributed by atoms with E-state index in [-0.39, 0.29) is 6.61 Å². The highest BCUT2D eigenvalue weighted by atomic mass is 16.2. The summed E-state index contributed by atoms with van der Waals surface area (Å²) in [6.45, 7) is 2.29. The van der Waals surface area contributed by atoms with Crippen LogP contribution in [0.5, 0.6) is 0 Å². The monoisotopic (exact) mass is 227 g/mol. The number of aliphatic hydroxyl groups is 1. The first-order valence-corrected chi connectivity index (χ1v) is 5.91. The molecule has 1 aromatic carbocycles. The number of rotatable bonds is 4. The van der Waals surface area contributed by atoms with Crippen LogP contribution in [0, 0.1) is 6.92 Å². The van der Waals surface area contributed by atoms with E-state index in [4.69, 9.17) is 5.11 Å². The molecule has 0 unspecified atom stereocenters. The smallest absolute Gasteiger partial charge is 0.0434 e. The van der Waals surface area contributed by atoms with Gasteiger partial charge in [-0.1, -0.05) is 24.3 Å². The predicted octanol–water partition coefficient (Wildman–Crippen LogP) is 2.98. The van der Waals surface area contributed by atoms with Crippen molar-refractivity contribution in [3.63, 3.8) is 0 Å². The average molecular weight is 227 g/mol. The standard InChI is InChI=1S/C15H17NO/c1-12-8-15(11-16-10-12)14-6-2-4-13(9-14)5-3-7-17/h2,4,6,8-11,17H,3,5,7H2,1H3. The van der Waals surface area contributed by atoms with Crippen LogP contribution >= 0.6 is 0 Å². The zero-order valence-corrected chi connectivity index (χ0v) is 10.1. The SMILES string of the molecule is Cc1cncc(-c2cccc(CCCO)c2)c1. The Morgan fingerprint density at radius 1 is 1.12 bits per heavy atom. The van der Waals surface area contributed by atoms with E-state index in [0.29, 0.717) is 0 Å². The number of nitrogens with zero attached hydrogens (tertiary/aromatic N) is 1. The van der Waals surface area contributed by atoms with E-state index < -0.39 is 0 Å². The lowest BCUT2D eigenvalue weighted by Gasteiger charge is -2.05. The molecule has 1 aromatic heterocycles. The molecule has 2 aromatic rings. The minimum atomic E-state index is 0.246. The van der Waals surface area contributed by atoms with Crippen LogP contribution in [0.25, 0.3) is 11.1 Å². The maximum absolute atomic E-state index is 8.84. The van der Waals surface area contributed by atoms with Crippen molar-refractivity contribution in [2.45, 2.75) is 19.8 Å². The summed E-state index contributed by atoms with van der Waals surface area (Å²) < 4.78 is 0. The Morgan fingerprint density at radius 2 is 2.00 bits per heavy atom. The molecule has 0 saturated carbocycles. The summed E-state index contributed by atoms with van der Waals surface area (Å²) in [7, 11) is 0. The number of aromatic nitrogens is 1. The van der Waals surface area contributed by atoms with Gasteiger partial charge >= 0.3 is 0 Å². The molecule has 88 valence electrons. The first-order valence-electron chi connectivity index (χ1n) is 5.91. The maximum atomic E-state index is 8.84. The minimum absolute atomic E-state index is 0.246. The minimum Gasteiger partial charge on any atom is -0.396 e. The summed E-state index contributed by atoms with van der Waals surface area (Å²) in [4.78, 5) is 4.21. The molecule has 1 N–H and O–H groups in total. The lowest BCUT2D eigenvalue weighted by Crippen LogP contribution is -1.90. The molecule has 0 aliphatic rings. The van der Waals surface area contributed by atoms with Crippen LogP contribution in [0.4, 0.5) is 0 Å². The van der Waals surface area contributed by atoms with Crippen molar-refractivity contribution < 1.29 is 5.11 Å². The first kappa shape index (κ1) is 11.8. The van der Waals surface area contributed by atoms with Gasteiger partial charge in [0.05, 0.1) is 0 Å². The zero-order chi connectivity index (χ0) is 12.1. The van der Waals surface area contributed by atoms with Crippen molar-refractivity contribution in [1.82, 2.24) is 4.98 Å². The average Bonchev–Trinajstić information content (AvgIpc) is 2.37. The second kappa shape index (κ2) is 5.60. The number of aliphatic hydroxyl groups excluding tert-OH is 1. The Bertz CT molecular complexity index is 494. The van der Waals surface area contributed by atoms with Gasteiger partial charge in [-0.05, 0) is 42.5 Å². The Labute approximate surface area is 102 Å². The van der Waals surface area contributed by atoms with Crippen LogP contribution in [-0.2, 0) is 6.42 Å². The molecule has 17 heavy (non-hydrogen) atoms. The number of benzene rings is 1. The van der Waals surface area contributed by atoms with Gasteiger partial charge in [0.25, 0.3) is 0 Å². The molecule has 0 saturated heterocycles. The topological polar surface area (TPSA) is 33.1 Å². The van der Waals surface area contributed by atoms with Gasteiger partial charge in [0, 0.05) is 24.6 Å². The summed E-state index contributed by atoms with van der Waals surface area (Å²) in [6, 6.07) is 10.6. The quantitative estimate of drug-likeness (QED) is 0.871. The summed E-state index contributed by atoms with van der Waals surface area (Å²) >= 11 is 0. The first-order chi connectivity index (χ1) is 8.29. The lowest BCUT2D eigenvalue weighted by molar-refractivity contribution is 0.288. The fourth-order valence-corrected chi connectivity index (χ4v) is 1.90. The van der Waals surface area contributed by atoms with E-state index in [0.717, 1.165) is 18.4 Å². The summed E-state index contributed by atoms with van der Waals surface area (Å²) in [5, 5.41) is 8.84. The van der Waals surface area contributed by atoms with E-state index in [2.05, 4.69) is 35.3 Å². The van der Waals surface area contributed by atoms with Gasteiger partial charge in [-0.3, -0.25) is 4.98 Å². The van der Waals surface area contributed by atoms with Gasteiger partial charge in [0.2, 0.25) is 0 Å². The molecule has 0 fully saturated rings. The van der Waals surface area contributed by atoms with Crippen molar-refractivity contribution in [1.29, 1.82) is 0 Å². The normalized spacial score (nSPS) is 10.5. The fourth-order valence-electron chi connectivity index (χ4n) is 1.90. The zero-order valence-electron chi connectivity index (χ0n) is 10.1. The Hall–Kier alpha value is -1.67. The molecular weight excluding hydrogens is 210 g/mol. The molecular formula is C15H17NO. The number of hydrogen-bond donors (Lipinski definition) is 1. The second-order valence-corrected chi connectivity index (χ2v) is 4.28. The van der Waals surface area contributed by atoms with Crippen LogP contribution in [0.2, 0.25) is 0 Å². The lowest BCUT2D eigenvalue weighted by atomic mass is 10.0. The van der Waals surface area contributed by atoms with Crippen molar-refractivity contribution in [3.8, 4) is 11.1 Å². The third kappa shape index (κ3) is 3.14. The van der Waals surface area contributed by atoms with Gasteiger partial charge in [0.1, 0.15) is 0 Å². The van der Waals surface area contributed by atoms with Crippen LogP contribution in [0.15, 0.2) is 42.7 Å². The molecule has 0 bridgehead atoms.